The molecule has 2 aliphatic heterocycles. The molecular weight excluding hydrogens is 340 g/mol. The van der Waals surface area contributed by atoms with Crippen molar-refractivity contribution >= 4 is 11.8 Å². The molecule has 1 aromatic carbocycles. The SMILES string of the molecule is CCCC(=O)N1CCC[C@@H](COc2cccc(C(=O)N3CCCCC3)c2)C1. The first-order valence-corrected chi connectivity index (χ1v) is 10.5. The van der Waals surface area contributed by atoms with Crippen molar-refractivity contribution in [3.8, 4) is 5.75 Å². The molecule has 27 heavy (non-hydrogen) atoms. The van der Waals surface area contributed by atoms with Gasteiger partial charge in [0.05, 0.1) is 6.61 Å². The molecule has 2 fully saturated rings. The lowest BCUT2D eigenvalue weighted by molar-refractivity contribution is -0.133. The molecule has 1 atom stereocenters. The summed E-state index contributed by atoms with van der Waals surface area (Å²) in [5, 5.41) is 0. The zero-order valence-electron chi connectivity index (χ0n) is 16.5. The van der Waals surface area contributed by atoms with Gasteiger partial charge in [0.25, 0.3) is 5.91 Å². The van der Waals surface area contributed by atoms with Gasteiger partial charge in [0, 0.05) is 44.1 Å². The Morgan fingerprint density at radius 3 is 2.63 bits per heavy atom. The van der Waals surface area contributed by atoms with Crippen LogP contribution >= 0.6 is 0 Å². The number of hydrogen-bond donors (Lipinski definition) is 0. The summed E-state index contributed by atoms with van der Waals surface area (Å²) >= 11 is 0. The number of rotatable bonds is 6. The van der Waals surface area contributed by atoms with Gasteiger partial charge in [0.1, 0.15) is 5.75 Å². The van der Waals surface area contributed by atoms with Crippen molar-refractivity contribution in [2.24, 2.45) is 5.92 Å². The summed E-state index contributed by atoms with van der Waals surface area (Å²) in [6.45, 7) is 6.00. The lowest BCUT2D eigenvalue weighted by Crippen LogP contribution is -2.41. The predicted octanol–water partition coefficient (Wildman–Crippen LogP) is 3.73. The number of carbonyl (C=O) groups is 2. The third kappa shape index (κ3) is 5.47. The Morgan fingerprint density at radius 2 is 1.85 bits per heavy atom. The van der Waals surface area contributed by atoms with E-state index in [2.05, 4.69) is 0 Å². The van der Waals surface area contributed by atoms with Crippen molar-refractivity contribution in [2.75, 3.05) is 32.8 Å². The molecule has 2 aliphatic rings. The molecule has 3 rings (SSSR count). The van der Waals surface area contributed by atoms with Crippen LogP contribution < -0.4 is 4.74 Å². The van der Waals surface area contributed by atoms with Crippen molar-refractivity contribution in [1.29, 1.82) is 0 Å². The Labute approximate surface area is 162 Å². The molecule has 0 unspecified atom stereocenters. The maximum atomic E-state index is 12.7. The molecular formula is C22H32N2O3. The standard InChI is InChI=1S/C22H32N2O3/c1-2-8-21(25)24-14-7-9-18(16-24)17-27-20-11-6-10-19(15-20)22(26)23-12-4-3-5-13-23/h6,10-11,15,18H,2-5,7-9,12-14,16-17H2,1H3/t18-/m1/s1. The number of hydrogen-bond acceptors (Lipinski definition) is 3. The van der Waals surface area contributed by atoms with E-state index in [1.807, 2.05) is 41.0 Å². The molecule has 148 valence electrons. The molecule has 2 saturated heterocycles. The van der Waals surface area contributed by atoms with E-state index in [4.69, 9.17) is 4.74 Å². The Balaban J connectivity index is 1.53. The Bertz CT molecular complexity index is 640. The third-order valence-electron chi connectivity index (χ3n) is 5.55. The largest absolute Gasteiger partial charge is 0.493 e. The van der Waals surface area contributed by atoms with Crippen molar-refractivity contribution in [3.63, 3.8) is 0 Å². The highest BCUT2D eigenvalue weighted by Gasteiger charge is 2.24. The van der Waals surface area contributed by atoms with Gasteiger partial charge in [-0.2, -0.15) is 0 Å². The molecule has 0 aliphatic carbocycles. The fourth-order valence-electron chi connectivity index (χ4n) is 4.01. The van der Waals surface area contributed by atoms with E-state index in [1.54, 1.807) is 0 Å². The number of piperidine rings is 2. The van der Waals surface area contributed by atoms with E-state index < -0.39 is 0 Å². The van der Waals surface area contributed by atoms with Crippen LogP contribution in [0.5, 0.6) is 5.75 Å². The van der Waals surface area contributed by atoms with Crippen LogP contribution in [0.3, 0.4) is 0 Å². The first-order chi connectivity index (χ1) is 13.2. The van der Waals surface area contributed by atoms with Gasteiger partial charge in [-0.1, -0.05) is 13.0 Å². The average Bonchev–Trinajstić information content (AvgIpc) is 2.73. The molecule has 2 heterocycles. The fourth-order valence-corrected chi connectivity index (χ4v) is 4.01. The molecule has 5 nitrogen and oxygen atoms in total. The van der Waals surface area contributed by atoms with Crippen molar-refractivity contribution in [1.82, 2.24) is 9.80 Å². The monoisotopic (exact) mass is 372 g/mol. The van der Waals surface area contributed by atoms with E-state index in [9.17, 15) is 9.59 Å². The molecule has 0 saturated carbocycles. The van der Waals surface area contributed by atoms with Gasteiger partial charge in [0.2, 0.25) is 5.91 Å². The maximum Gasteiger partial charge on any atom is 0.253 e. The highest BCUT2D eigenvalue weighted by atomic mass is 16.5. The fraction of sp³-hybridized carbons (Fsp3) is 0.636. The van der Waals surface area contributed by atoms with Gasteiger partial charge < -0.3 is 14.5 Å². The Morgan fingerprint density at radius 1 is 1.07 bits per heavy atom. The van der Waals surface area contributed by atoms with Crippen LogP contribution in [0, 0.1) is 5.92 Å². The highest BCUT2D eigenvalue weighted by molar-refractivity contribution is 5.94. The lowest BCUT2D eigenvalue weighted by Gasteiger charge is -2.32. The summed E-state index contributed by atoms with van der Waals surface area (Å²) < 4.78 is 6.00. The number of benzene rings is 1. The van der Waals surface area contributed by atoms with Crippen molar-refractivity contribution < 1.29 is 14.3 Å². The number of amides is 2. The molecule has 1 aromatic rings. The quantitative estimate of drug-likeness (QED) is 0.764. The van der Waals surface area contributed by atoms with Crippen LogP contribution in [-0.2, 0) is 4.79 Å². The van der Waals surface area contributed by atoms with E-state index >= 15 is 0 Å². The predicted molar refractivity (Wildman–Crippen MR) is 106 cm³/mol. The van der Waals surface area contributed by atoms with Crippen LogP contribution in [0.25, 0.3) is 0 Å². The van der Waals surface area contributed by atoms with Gasteiger partial charge >= 0.3 is 0 Å². The van der Waals surface area contributed by atoms with Crippen LogP contribution in [0.1, 0.15) is 62.2 Å². The van der Waals surface area contributed by atoms with E-state index in [1.165, 1.54) is 6.42 Å². The first kappa shape index (κ1) is 19.7. The van der Waals surface area contributed by atoms with E-state index in [0.29, 0.717) is 24.5 Å². The number of ether oxygens (including phenoxy) is 1. The van der Waals surface area contributed by atoms with Gasteiger partial charge in [-0.05, 0) is 56.7 Å². The Kier molecular flexibility index (Phi) is 7.13. The van der Waals surface area contributed by atoms with Gasteiger partial charge in [-0.25, -0.2) is 0 Å². The summed E-state index contributed by atoms with van der Waals surface area (Å²) in [5.41, 5.74) is 0.706. The van der Waals surface area contributed by atoms with Crippen LogP contribution in [0.4, 0.5) is 0 Å². The van der Waals surface area contributed by atoms with E-state index in [0.717, 1.165) is 64.0 Å². The lowest BCUT2D eigenvalue weighted by atomic mass is 9.98. The van der Waals surface area contributed by atoms with E-state index in [-0.39, 0.29) is 11.8 Å². The van der Waals surface area contributed by atoms with Crippen LogP contribution in [0.2, 0.25) is 0 Å². The average molecular weight is 373 g/mol. The summed E-state index contributed by atoms with van der Waals surface area (Å²) in [6, 6.07) is 7.54. The summed E-state index contributed by atoms with van der Waals surface area (Å²) in [6.07, 6.45) is 7.06. The molecule has 0 bridgehead atoms. The van der Waals surface area contributed by atoms with Crippen molar-refractivity contribution in [2.45, 2.75) is 51.9 Å². The number of nitrogens with zero attached hydrogens (tertiary/aromatic N) is 2. The maximum absolute atomic E-state index is 12.7. The van der Waals surface area contributed by atoms with Gasteiger partial charge in [0.15, 0.2) is 0 Å². The summed E-state index contributed by atoms with van der Waals surface area (Å²) in [5.74, 6) is 1.47. The third-order valence-corrected chi connectivity index (χ3v) is 5.55. The molecule has 0 aromatic heterocycles. The topological polar surface area (TPSA) is 49.9 Å². The Hall–Kier alpha value is -2.04. The highest BCUT2D eigenvalue weighted by Crippen LogP contribution is 2.21. The minimum Gasteiger partial charge on any atom is -0.493 e. The molecule has 0 spiro atoms. The van der Waals surface area contributed by atoms with Crippen molar-refractivity contribution in [3.05, 3.63) is 29.8 Å². The summed E-state index contributed by atoms with van der Waals surface area (Å²) in [7, 11) is 0. The second-order valence-corrected chi connectivity index (χ2v) is 7.79. The molecule has 0 radical (unpaired) electrons. The zero-order chi connectivity index (χ0) is 19.1. The van der Waals surface area contributed by atoms with Gasteiger partial charge in [-0.15, -0.1) is 0 Å². The second-order valence-electron chi connectivity index (χ2n) is 7.79. The number of carbonyl (C=O) groups excluding carboxylic acids is 2. The molecule has 2 amide bonds. The smallest absolute Gasteiger partial charge is 0.253 e. The van der Waals surface area contributed by atoms with Gasteiger partial charge in [-0.3, -0.25) is 9.59 Å². The molecule has 5 heteroatoms. The second kappa shape index (κ2) is 9.77. The zero-order valence-corrected chi connectivity index (χ0v) is 16.5. The molecule has 0 N–H and O–H groups in total. The minimum atomic E-state index is 0.106. The normalized spacial score (nSPS) is 20.4. The summed E-state index contributed by atoms with van der Waals surface area (Å²) in [4.78, 5) is 28.7. The minimum absolute atomic E-state index is 0.106. The first-order valence-electron chi connectivity index (χ1n) is 10.5. The van der Waals surface area contributed by atoms with Crippen LogP contribution in [-0.4, -0.2) is 54.4 Å². The number of likely N-dealkylation sites (tertiary alicyclic amines) is 2. The van der Waals surface area contributed by atoms with Crippen LogP contribution in [0.15, 0.2) is 24.3 Å².